The maximum absolute atomic E-state index is 12.8. The van der Waals surface area contributed by atoms with Crippen molar-refractivity contribution < 1.29 is 9.21 Å². The number of rotatable bonds is 2. The number of aliphatic imine (C=N–C) groups is 1. The van der Waals surface area contributed by atoms with Gasteiger partial charge in [-0.05, 0) is 19.1 Å². The van der Waals surface area contributed by atoms with E-state index in [1.165, 1.54) is 11.8 Å². The summed E-state index contributed by atoms with van der Waals surface area (Å²) in [6.07, 6.45) is 0. The Morgan fingerprint density at radius 1 is 1.15 bits per heavy atom. The molecular weight excluding hydrogens is 348 g/mol. The Balaban J connectivity index is 1.88. The summed E-state index contributed by atoms with van der Waals surface area (Å²) in [5, 5.41) is 3.79. The lowest BCUT2D eigenvalue weighted by molar-refractivity contribution is 0.0978. The molecule has 0 radical (unpaired) electrons. The van der Waals surface area contributed by atoms with Crippen LogP contribution < -0.4 is 10.7 Å². The number of fused-ring (bicyclic) bond motifs is 1. The van der Waals surface area contributed by atoms with Crippen molar-refractivity contribution in [2.45, 2.75) is 6.92 Å². The molecule has 0 saturated carbocycles. The highest BCUT2D eigenvalue weighted by Gasteiger charge is 2.20. The maximum atomic E-state index is 12.8. The van der Waals surface area contributed by atoms with Gasteiger partial charge in [-0.3, -0.25) is 14.6 Å². The van der Waals surface area contributed by atoms with Crippen LogP contribution in [0.5, 0.6) is 0 Å². The summed E-state index contributed by atoms with van der Waals surface area (Å²) in [6, 6.07) is 14.5. The lowest BCUT2D eigenvalue weighted by Crippen LogP contribution is -2.27. The van der Waals surface area contributed by atoms with Crippen LogP contribution >= 0.6 is 11.8 Å². The normalized spacial score (nSPS) is 13.7. The van der Waals surface area contributed by atoms with E-state index in [1.54, 1.807) is 25.1 Å². The SMILES string of the molecule is Cc1c(-c2ccccc2)oc2c(C(=O)NC3=NCCS3)cccc2c1=O. The van der Waals surface area contributed by atoms with Crippen LogP contribution in [0.3, 0.4) is 0 Å². The molecule has 1 amide bonds. The van der Waals surface area contributed by atoms with E-state index in [9.17, 15) is 9.59 Å². The molecule has 2 heterocycles. The summed E-state index contributed by atoms with van der Waals surface area (Å²) in [4.78, 5) is 29.7. The van der Waals surface area contributed by atoms with Crippen LogP contribution in [0.4, 0.5) is 0 Å². The fraction of sp³-hybridized carbons (Fsp3) is 0.150. The smallest absolute Gasteiger partial charge is 0.261 e. The van der Waals surface area contributed by atoms with Gasteiger partial charge in [0, 0.05) is 16.9 Å². The molecule has 0 atom stereocenters. The molecule has 6 heteroatoms. The maximum Gasteiger partial charge on any atom is 0.261 e. The van der Waals surface area contributed by atoms with Gasteiger partial charge in [0.05, 0.1) is 17.5 Å². The first-order valence-electron chi connectivity index (χ1n) is 8.25. The van der Waals surface area contributed by atoms with Crippen LogP contribution in [-0.4, -0.2) is 23.4 Å². The van der Waals surface area contributed by atoms with E-state index < -0.39 is 0 Å². The lowest BCUT2D eigenvalue weighted by Gasteiger charge is -2.10. The molecule has 0 aliphatic carbocycles. The topological polar surface area (TPSA) is 71.7 Å². The van der Waals surface area contributed by atoms with Gasteiger partial charge in [-0.15, -0.1) is 0 Å². The summed E-state index contributed by atoms with van der Waals surface area (Å²) in [7, 11) is 0. The van der Waals surface area contributed by atoms with Crippen molar-refractivity contribution in [1.29, 1.82) is 0 Å². The van der Waals surface area contributed by atoms with Gasteiger partial charge in [0.25, 0.3) is 5.91 Å². The predicted molar refractivity (Wildman–Crippen MR) is 105 cm³/mol. The molecule has 1 aliphatic heterocycles. The number of carbonyl (C=O) groups excluding carboxylic acids is 1. The van der Waals surface area contributed by atoms with Crippen molar-refractivity contribution in [2.24, 2.45) is 4.99 Å². The number of amidine groups is 1. The van der Waals surface area contributed by atoms with Gasteiger partial charge in [-0.25, -0.2) is 0 Å². The van der Waals surface area contributed by atoms with Crippen molar-refractivity contribution >= 4 is 33.8 Å². The van der Waals surface area contributed by atoms with Crippen LogP contribution in [0.15, 0.2) is 62.7 Å². The zero-order chi connectivity index (χ0) is 18.1. The molecule has 1 aromatic heterocycles. The van der Waals surface area contributed by atoms with Gasteiger partial charge in [0.2, 0.25) is 0 Å². The average Bonchev–Trinajstić information content (AvgIpc) is 3.18. The van der Waals surface area contributed by atoms with E-state index in [4.69, 9.17) is 4.42 Å². The zero-order valence-electron chi connectivity index (χ0n) is 14.1. The molecule has 0 fully saturated rings. The van der Waals surface area contributed by atoms with Crippen LogP contribution in [0.25, 0.3) is 22.3 Å². The van der Waals surface area contributed by atoms with Gasteiger partial charge in [-0.1, -0.05) is 48.2 Å². The second-order valence-electron chi connectivity index (χ2n) is 5.92. The zero-order valence-corrected chi connectivity index (χ0v) is 14.9. The Labute approximate surface area is 154 Å². The summed E-state index contributed by atoms with van der Waals surface area (Å²) < 4.78 is 6.07. The van der Waals surface area contributed by atoms with Gasteiger partial charge >= 0.3 is 0 Å². The number of hydrogen-bond donors (Lipinski definition) is 1. The molecule has 3 aromatic rings. The number of hydrogen-bond acceptors (Lipinski definition) is 5. The first-order chi connectivity index (χ1) is 12.6. The molecule has 130 valence electrons. The fourth-order valence-electron chi connectivity index (χ4n) is 2.93. The molecule has 26 heavy (non-hydrogen) atoms. The van der Waals surface area contributed by atoms with Gasteiger partial charge in [0.1, 0.15) is 5.76 Å². The Kier molecular flexibility index (Phi) is 4.34. The molecule has 1 aliphatic rings. The van der Waals surface area contributed by atoms with Crippen molar-refractivity contribution in [3.05, 3.63) is 69.9 Å². The minimum atomic E-state index is -0.324. The monoisotopic (exact) mass is 364 g/mol. The van der Waals surface area contributed by atoms with E-state index in [0.717, 1.165) is 11.3 Å². The Morgan fingerprint density at radius 3 is 2.69 bits per heavy atom. The van der Waals surface area contributed by atoms with Crippen LogP contribution in [0, 0.1) is 6.92 Å². The van der Waals surface area contributed by atoms with E-state index in [2.05, 4.69) is 10.3 Å². The van der Waals surface area contributed by atoms with E-state index in [0.29, 0.717) is 39.6 Å². The number of benzene rings is 2. The third-order valence-electron chi connectivity index (χ3n) is 4.23. The van der Waals surface area contributed by atoms with E-state index in [1.807, 2.05) is 30.3 Å². The largest absolute Gasteiger partial charge is 0.455 e. The molecule has 0 bridgehead atoms. The average molecular weight is 364 g/mol. The van der Waals surface area contributed by atoms with Crippen molar-refractivity contribution in [1.82, 2.24) is 5.32 Å². The minimum Gasteiger partial charge on any atom is -0.455 e. The lowest BCUT2D eigenvalue weighted by atomic mass is 10.0. The number of amides is 1. The summed E-state index contributed by atoms with van der Waals surface area (Å²) in [5.41, 5.74) is 1.81. The Hall–Kier alpha value is -2.86. The number of thioether (sulfide) groups is 1. The summed E-state index contributed by atoms with van der Waals surface area (Å²) in [6.45, 7) is 2.44. The molecule has 5 nitrogen and oxygen atoms in total. The van der Waals surface area contributed by atoms with Crippen LogP contribution in [-0.2, 0) is 0 Å². The van der Waals surface area contributed by atoms with Crippen molar-refractivity contribution in [3.63, 3.8) is 0 Å². The molecule has 1 N–H and O–H groups in total. The van der Waals surface area contributed by atoms with Crippen molar-refractivity contribution in [3.8, 4) is 11.3 Å². The molecule has 0 spiro atoms. The standard InChI is InChI=1S/C20H16N2O3S/c1-12-16(23)14-8-5-9-15(19(24)22-20-21-10-11-26-20)18(14)25-17(12)13-6-3-2-4-7-13/h2-9H,10-11H2,1H3,(H,21,22,24). The molecule has 2 aromatic carbocycles. The number of nitrogens with zero attached hydrogens (tertiary/aromatic N) is 1. The highest BCUT2D eigenvalue weighted by atomic mass is 32.2. The van der Waals surface area contributed by atoms with Crippen LogP contribution in [0.2, 0.25) is 0 Å². The Bertz CT molecular complexity index is 1090. The van der Waals surface area contributed by atoms with E-state index in [-0.39, 0.29) is 11.3 Å². The number of para-hydroxylation sites is 1. The third kappa shape index (κ3) is 2.93. The first kappa shape index (κ1) is 16.6. The third-order valence-corrected chi connectivity index (χ3v) is 5.12. The Morgan fingerprint density at radius 2 is 1.96 bits per heavy atom. The quantitative estimate of drug-likeness (QED) is 0.754. The molecule has 0 saturated heterocycles. The summed E-state index contributed by atoms with van der Waals surface area (Å²) >= 11 is 1.50. The minimum absolute atomic E-state index is 0.132. The fourth-order valence-corrected chi connectivity index (χ4v) is 3.65. The highest BCUT2D eigenvalue weighted by molar-refractivity contribution is 8.14. The number of carbonyl (C=O) groups is 1. The van der Waals surface area contributed by atoms with Gasteiger partial charge in [0.15, 0.2) is 16.2 Å². The van der Waals surface area contributed by atoms with Gasteiger partial charge in [-0.2, -0.15) is 0 Å². The predicted octanol–water partition coefficient (Wildman–Crippen LogP) is 3.60. The number of nitrogens with one attached hydrogen (secondary N) is 1. The summed E-state index contributed by atoms with van der Waals surface area (Å²) in [5.74, 6) is 1.02. The second-order valence-corrected chi connectivity index (χ2v) is 7.01. The molecular formula is C20H16N2O3S. The van der Waals surface area contributed by atoms with Crippen LogP contribution in [0.1, 0.15) is 15.9 Å². The van der Waals surface area contributed by atoms with Gasteiger partial charge < -0.3 is 9.73 Å². The highest BCUT2D eigenvalue weighted by Crippen LogP contribution is 2.27. The van der Waals surface area contributed by atoms with Crippen molar-refractivity contribution in [2.75, 3.05) is 12.3 Å². The first-order valence-corrected chi connectivity index (χ1v) is 9.24. The van der Waals surface area contributed by atoms with E-state index >= 15 is 0 Å². The second kappa shape index (κ2) is 6.80. The molecule has 0 unspecified atom stereocenters. The molecule has 4 rings (SSSR count).